The predicted octanol–water partition coefficient (Wildman–Crippen LogP) is 3.11. The fraction of sp³-hybridized carbons (Fsp3) is 0.300. The van der Waals surface area contributed by atoms with Gasteiger partial charge in [0.15, 0.2) is 0 Å². The quantitative estimate of drug-likeness (QED) is 0.496. The molecule has 0 aromatic heterocycles. The number of hydrogen-bond acceptors (Lipinski definition) is 1. The average molecular weight is 241 g/mol. The van der Waals surface area contributed by atoms with Gasteiger partial charge in [-0.25, -0.2) is 0 Å². The molecule has 0 heterocycles. The highest BCUT2D eigenvalue weighted by Crippen LogP contribution is 2.26. The van der Waals surface area contributed by atoms with E-state index in [0.717, 1.165) is 17.7 Å². The Bertz CT molecular complexity index is 319. The molecule has 62 valence electrons. The summed E-state index contributed by atoms with van der Waals surface area (Å²) < 4.78 is 0. The Hall–Kier alpha value is -0.210. The smallest absolute Gasteiger partial charge is 0.0506 e. The van der Waals surface area contributed by atoms with E-state index in [-0.39, 0.29) is 0 Å². The van der Waals surface area contributed by atoms with Crippen molar-refractivity contribution in [2.75, 3.05) is 0 Å². The molecule has 0 N–H and O–H groups in total. The third-order valence-electron chi connectivity index (χ3n) is 2.23. The van der Waals surface area contributed by atoms with Gasteiger partial charge in [0, 0.05) is 4.86 Å². The summed E-state index contributed by atoms with van der Waals surface area (Å²) in [6.45, 7) is 0. The Morgan fingerprint density at radius 3 is 2.92 bits per heavy atom. The van der Waals surface area contributed by atoms with E-state index in [9.17, 15) is 0 Å². The molecule has 0 bridgehead atoms. The molecule has 0 fully saturated rings. The van der Waals surface area contributed by atoms with Gasteiger partial charge in [-0.15, -0.1) is 0 Å². The van der Waals surface area contributed by atoms with E-state index < -0.39 is 0 Å². The van der Waals surface area contributed by atoms with Gasteiger partial charge >= 0.3 is 0 Å². The monoisotopic (exact) mass is 240 g/mol. The van der Waals surface area contributed by atoms with Crippen LogP contribution in [0.25, 0.3) is 0 Å². The van der Waals surface area contributed by atoms with Gasteiger partial charge in [-0.3, -0.25) is 0 Å². The van der Waals surface area contributed by atoms with E-state index in [1.54, 1.807) is 0 Å². The Morgan fingerprint density at radius 2 is 2.08 bits per heavy atom. The first-order chi connectivity index (χ1) is 5.79. The molecule has 0 saturated heterocycles. The summed E-state index contributed by atoms with van der Waals surface area (Å²) >= 11 is 8.92. The largest absolute Gasteiger partial charge is 0.0830 e. The number of halogens is 1. The lowest BCUT2D eigenvalue weighted by molar-refractivity contribution is 0.867. The Kier molecular flexibility index (Phi) is 2.28. The van der Waals surface area contributed by atoms with Crippen molar-refractivity contribution in [3.05, 3.63) is 35.4 Å². The van der Waals surface area contributed by atoms with Crippen LogP contribution < -0.4 is 0 Å². The molecular formula is C10H9BrS. The zero-order valence-electron chi connectivity index (χ0n) is 6.59. The Labute approximate surface area is 86.1 Å². The van der Waals surface area contributed by atoms with Crippen molar-refractivity contribution in [1.29, 1.82) is 0 Å². The molecule has 1 unspecified atom stereocenters. The van der Waals surface area contributed by atoms with E-state index in [2.05, 4.69) is 40.2 Å². The summed E-state index contributed by atoms with van der Waals surface area (Å²) in [5.74, 6) is 0. The van der Waals surface area contributed by atoms with Crippen molar-refractivity contribution in [2.24, 2.45) is 0 Å². The highest BCUT2D eigenvalue weighted by atomic mass is 79.9. The van der Waals surface area contributed by atoms with Crippen LogP contribution in [0, 0.1) is 0 Å². The SMILES string of the molecule is S=C1c2ccccc2CCC1Br. The minimum absolute atomic E-state index is 0.405. The fourth-order valence-corrected chi connectivity index (χ4v) is 2.35. The van der Waals surface area contributed by atoms with Crippen molar-refractivity contribution in [3.63, 3.8) is 0 Å². The highest BCUT2D eigenvalue weighted by molar-refractivity contribution is 9.10. The number of rotatable bonds is 0. The van der Waals surface area contributed by atoms with Crippen molar-refractivity contribution >= 4 is 33.0 Å². The molecule has 0 radical (unpaired) electrons. The normalized spacial score (nSPS) is 22.1. The summed E-state index contributed by atoms with van der Waals surface area (Å²) in [5, 5.41) is 0. The number of fused-ring (bicyclic) bond motifs is 1. The second-order valence-corrected chi connectivity index (χ2v) is 4.57. The Balaban J connectivity index is 2.49. The van der Waals surface area contributed by atoms with E-state index in [1.165, 1.54) is 11.1 Å². The summed E-state index contributed by atoms with van der Waals surface area (Å²) in [6.07, 6.45) is 2.28. The molecule has 1 aromatic carbocycles. The average Bonchev–Trinajstić information content (AvgIpc) is 2.12. The number of thiocarbonyl (C=S) groups is 1. The van der Waals surface area contributed by atoms with Crippen LogP contribution in [0.4, 0.5) is 0 Å². The Morgan fingerprint density at radius 1 is 1.33 bits per heavy atom. The second-order valence-electron chi connectivity index (χ2n) is 3.03. The molecule has 0 aliphatic heterocycles. The van der Waals surface area contributed by atoms with Gasteiger partial charge in [0.05, 0.1) is 4.83 Å². The lowest BCUT2D eigenvalue weighted by Crippen LogP contribution is -2.20. The van der Waals surface area contributed by atoms with E-state index in [1.807, 2.05) is 0 Å². The van der Waals surface area contributed by atoms with Gasteiger partial charge in [0.1, 0.15) is 0 Å². The molecular weight excluding hydrogens is 232 g/mol. The van der Waals surface area contributed by atoms with Crippen LogP contribution >= 0.6 is 28.1 Å². The molecule has 2 rings (SSSR count). The summed E-state index contributed by atoms with van der Waals surface area (Å²) in [5.41, 5.74) is 2.67. The van der Waals surface area contributed by atoms with E-state index >= 15 is 0 Å². The maximum Gasteiger partial charge on any atom is 0.0506 e. The van der Waals surface area contributed by atoms with Gasteiger partial charge in [0.25, 0.3) is 0 Å². The minimum Gasteiger partial charge on any atom is -0.0830 e. The van der Waals surface area contributed by atoms with E-state index in [0.29, 0.717) is 4.83 Å². The lowest BCUT2D eigenvalue weighted by Gasteiger charge is -2.20. The molecule has 1 atom stereocenters. The fourth-order valence-electron chi connectivity index (χ4n) is 1.56. The van der Waals surface area contributed by atoms with Crippen LogP contribution in [0.1, 0.15) is 17.5 Å². The van der Waals surface area contributed by atoms with Crippen LogP contribution in [-0.2, 0) is 6.42 Å². The van der Waals surface area contributed by atoms with Crippen molar-refractivity contribution in [1.82, 2.24) is 0 Å². The molecule has 0 spiro atoms. The summed E-state index contributed by atoms with van der Waals surface area (Å²) in [4.78, 5) is 1.47. The molecule has 0 amide bonds. The third-order valence-corrected chi connectivity index (χ3v) is 3.96. The van der Waals surface area contributed by atoms with Gasteiger partial charge in [-0.2, -0.15) is 0 Å². The topological polar surface area (TPSA) is 0 Å². The van der Waals surface area contributed by atoms with Crippen LogP contribution in [0.5, 0.6) is 0 Å². The van der Waals surface area contributed by atoms with Crippen LogP contribution in [-0.4, -0.2) is 9.69 Å². The highest BCUT2D eigenvalue weighted by Gasteiger charge is 2.20. The summed E-state index contributed by atoms with van der Waals surface area (Å²) in [7, 11) is 0. The standard InChI is InChI=1S/C10H9BrS/c11-9-6-5-7-3-1-2-4-8(7)10(9)12/h1-4,9H,5-6H2. The van der Waals surface area contributed by atoms with Gasteiger partial charge < -0.3 is 0 Å². The van der Waals surface area contributed by atoms with Crippen molar-refractivity contribution in [3.8, 4) is 0 Å². The third kappa shape index (κ3) is 1.34. The predicted molar refractivity (Wildman–Crippen MR) is 59.2 cm³/mol. The maximum absolute atomic E-state index is 5.34. The zero-order chi connectivity index (χ0) is 8.55. The van der Waals surface area contributed by atoms with Crippen LogP contribution in [0.2, 0.25) is 0 Å². The van der Waals surface area contributed by atoms with Crippen LogP contribution in [0.3, 0.4) is 0 Å². The molecule has 1 aromatic rings. The van der Waals surface area contributed by atoms with Crippen LogP contribution in [0.15, 0.2) is 24.3 Å². The maximum atomic E-state index is 5.34. The second kappa shape index (κ2) is 3.27. The molecule has 0 nitrogen and oxygen atoms in total. The van der Waals surface area contributed by atoms with Gasteiger partial charge in [0.2, 0.25) is 0 Å². The molecule has 0 saturated carbocycles. The van der Waals surface area contributed by atoms with Crippen molar-refractivity contribution in [2.45, 2.75) is 17.7 Å². The lowest BCUT2D eigenvalue weighted by atomic mass is 9.92. The number of aryl methyl sites for hydroxylation is 1. The zero-order valence-corrected chi connectivity index (χ0v) is 8.99. The number of alkyl halides is 1. The first-order valence-electron chi connectivity index (χ1n) is 4.05. The summed E-state index contributed by atoms with van der Waals surface area (Å²) in [6, 6.07) is 8.41. The molecule has 2 heteroatoms. The number of benzene rings is 1. The van der Waals surface area contributed by atoms with E-state index in [4.69, 9.17) is 12.2 Å². The molecule has 1 aliphatic carbocycles. The first kappa shape index (κ1) is 8.39. The first-order valence-corrected chi connectivity index (χ1v) is 5.37. The minimum atomic E-state index is 0.405. The van der Waals surface area contributed by atoms with Gasteiger partial charge in [-0.1, -0.05) is 52.4 Å². The molecule has 12 heavy (non-hydrogen) atoms. The number of hydrogen-bond donors (Lipinski definition) is 0. The van der Waals surface area contributed by atoms with Gasteiger partial charge in [-0.05, 0) is 24.0 Å². The van der Waals surface area contributed by atoms with Crippen molar-refractivity contribution < 1.29 is 0 Å². The molecule has 1 aliphatic rings.